The molecule has 0 aromatic heterocycles. The summed E-state index contributed by atoms with van der Waals surface area (Å²) >= 11 is 3.29. The molecule has 1 aromatic rings. The van der Waals surface area contributed by atoms with Gasteiger partial charge in [0.05, 0.1) is 7.11 Å². The molecule has 0 aliphatic carbocycles. The van der Waals surface area contributed by atoms with Gasteiger partial charge in [-0.3, -0.25) is 9.36 Å². The fourth-order valence-corrected chi connectivity index (χ4v) is 3.61. The maximum atomic E-state index is 12.1. The molecule has 0 spiro atoms. The summed E-state index contributed by atoms with van der Waals surface area (Å²) in [6.45, 7) is 1.55. The number of halogens is 1. The number of hydrogen-bond acceptors (Lipinski definition) is 4. The van der Waals surface area contributed by atoms with E-state index in [4.69, 9.17) is 4.52 Å². The first-order valence-electron chi connectivity index (χ1n) is 5.03. The molecule has 0 aliphatic heterocycles. The van der Waals surface area contributed by atoms with Crippen molar-refractivity contribution < 1.29 is 18.6 Å². The Morgan fingerprint density at radius 2 is 2.00 bits per heavy atom. The Morgan fingerprint density at radius 1 is 1.44 bits per heavy atom. The van der Waals surface area contributed by atoms with Crippen LogP contribution in [0.5, 0.6) is 5.75 Å². The second-order valence-corrected chi connectivity index (χ2v) is 8.11. The predicted molar refractivity (Wildman–Crippen MR) is 76.7 cm³/mol. The number of benzene rings is 1. The predicted octanol–water partition coefficient (Wildman–Crippen LogP) is 2.96. The molecule has 0 bridgehead atoms. The topological polar surface area (TPSA) is 64.6 Å². The van der Waals surface area contributed by atoms with Crippen molar-refractivity contribution in [3.05, 3.63) is 28.7 Å². The zero-order chi connectivity index (χ0) is 13.8. The van der Waals surface area contributed by atoms with Crippen LogP contribution in [0.3, 0.4) is 0 Å². The van der Waals surface area contributed by atoms with Gasteiger partial charge in [0.1, 0.15) is 11.8 Å². The van der Waals surface area contributed by atoms with Crippen molar-refractivity contribution in [2.24, 2.45) is 0 Å². The molecule has 1 N–H and O–H groups in total. The third-order valence-corrected chi connectivity index (χ3v) is 4.50. The van der Waals surface area contributed by atoms with Gasteiger partial charge in [0.15, 0.2) is 0 Å². The van der Waals surface area contributed by atoms with Gasteiger partial charge < -0.3 is 9.26 Å². The van der Waals surface area contributed by atoms with E-state index in [0.717, 1.165) is 4.47 Å². The van der Waals surface area contributed by atoms with Crippen molar-refractivity contribution in [3.63, 3.8) is 0 Å². The average molecular weight is 354 g/mol. The van der Waals surface area contributed by atoms with E-state index in [-0.39, 0.29) is 0 Å². The van der Waals surface area contributed by atoms with Crippen molar-refractivity contribution in [2.45, 2.75) is 13.0 Å². The van der Waals surface area contributed by atoms with Gasteiger partial charge in [0, 0.05) is 4.47 Å². The third kappa shape index (κ3) is 5.07. The van der Waals surface area contributed by atoms with Crippen molar-refractivity contribution in [2.75, 3.05) is 7.11 Å². The van der Waals surface area contributed by atoms with E-state index in [1.54, 1.807) is 31.2 Å². The standard InChI is InChI=1S/C10H14BrNO4P2/c1-7(10(13)15-2)12-18(14,17)16-9-5-3-8(11)4-6-9/h3-7H,17H2,1-2H3,(H,12,14)/t7-,18?/m0/s1. The lowest BCUT2D eigenvalue weighted by atomic mass is 10.3. The molecular weight excluding hydrogens is 340 g/mol. The lowest BCUT2D eigenvalue weighted by molar-refractivity contribution is -0.142. The van der Waals surface area contributed by atoms with Crippen LogP contribution in [-0.2, 0) is 14.1 Å². The Balaban J connectivity index is 2.67. The second kappa shape index (κ2) is 6.67. The van der Waals surface area contributed by atoms with Crippen LogP contribution in [0.15, 0.2) is 28.7 Å². The first kappa shape index (κ1) is 15.6. The summed E-state index contributed by atoms with van der Waals surface area (Å²) in [7, 11) is 0.155. The van der Waals surface area contributed by atoms with Crippen LogP contribution in [0.2, 0.25) is 0 Å². The van der Waals surface area contributed by atoms with Gasteiger partial charge in [-0.1, -0.05) is 15.9 Å². The van der Waals surface area contributed by atoms with Crippen LogP contribution in [-0.4, -0.2) is 19.1 Å². The Kier molecular flexibility index (Phi) is 5.80. The molecule has 1 aromatic carbocycles. The molecule has 0 saturated carbocycles. The lowest BCUT2D eigenvalue weighted by Crippen LogP contribution is -2.32. The highest BCUT2D eigenvalue weighted by molar-refractivity contribution is 9.10. The molecule has 0 radical (unpaired) electrons. The Bertz CT molecular complexity index is 465. The SMILES string of the molecule is COC(=O)[C@H](C)NP(=O)(P)Oc1ccc(Br)cc1. The van der Waals surface area contributed by atoms with Gasteiger partial charge in [-0.2, -0.15) is 0 Å². The highest BCUT2D eigenvalue weighted by Gasteiger charge is 2.24. The maximum absolute atomic E-state index is 12.1. The number of nitrogens with one attached hydrogen (secondary N) is 1. The summed E-state index contributed by atoms with van der Waals surface area (Å²) in [5.74, 6) is -0.0572. The van der Waals surface area contributed by atoms with E-state index in [9.17, 15) is 9.36 Å². The highest BCUT2D eigenvalue weighted by atomic mass is 79.9. The van der Waals surface area contributed by atoms with Crippen LogP contribution in [0.1, 0.15) is 6.92 Å². The molecule has 0 amide bonds. The van der Waals surface area contributed by atoms with E-state index in [0.29, 0.717) is 5.75 Å². The zero-order valence-electron chi connectivity index (χ0n) is 9.92. The van der Waals surface area contributed by atoms with E-state index < -0.39 is 19.2 Å². The number of rotatable bonds is 5. The first-order chi connectivity index (χ1) is 8.34. The molecule has 3 atom stereocenters. The van der Waals surface area contributed by atoms with Gasteiger partial charge in [-0.25, -0.2) is 5.09 Å². The molecular formula is C10H14BrNO4P2. The van der Waals surface area contributed by atoms with E-state index >= 15 is 0 Å². The number of ether oxygens (including phenoxy) is 1. The van der Waals surface area contributed by atoms with Crippen LogP contribution in [0, 0.1) is 0 Å². The van der Waals surface area contributed by atoms with E-state index in [1.807, 2.05) is 0 Å². The minimum absolute atomic E-state index is 0.445. The number of hydrogen-bond donors (Lipinski definition) is 1. The van der Waals surface area contributed by atoms with Crippen LogP contribution >= 0.6 is 32.1 Å². The molecule has 8 heteroatoms. The Hall–Kier alpha value is -0.410. The minimum atomic E-state index is -3.20. The van der Waals surface area contributed by atoms with Gasteiger partial charge in [0.25, 0.3) is 0 Å². The molecule has 0 fully saturated rings. The first-order valence-corrected chi connectivity index (χ1v) is 9.07. The number of carbonyl (C=O) groups excluding carboxylic acids is 1. The normalized spacial score (nSPS) is 15.6. The van der Waals surface area contributed by atoms with Crippen LogP contribution in [0.4, 0.5) is 0 Å². The average Bonchev–Trinajstić information content (AvgIpc) is 2.30. The molecule has 100 valence electrons. The van der Waals surface area contributed by atoms with Crippen LogP contribution in [0.25, 0.3) is 0 Å². The Morgan fingerprint density at radius 3 is 2.50 bits per heavy atom. The van der Waals surface area contributed by atoms with Crippen molar-refractivity contribution >= 4 is 38.0 Å². The number of methoxy groups -OCH3 is 1. The minimum Gasteiger partial charge on any atom is -0.468 e. The molecule has 18 heavy (non-hydrogen) atoms. The van der Waals surface area contributed by atoms with Crippen LogP contribution < -0.4 is 9.61 Å². The van der Waals surface area contributed by atoms with E-state index in [2.05, 4.69) is 34.7 Å². The number of carbonyl (C=O) groups is 1. The summed E-state index contributed by atoms with van der Waals surface area (Å²) in [6.07, 6.45) is 0. The monoisotopic (exact) mass is 353 g/mol. The fraction of sp³-hybridized carbons (Fsp3) is 0.300. The van der Waals surface area contributed by atoms with Crippen molar-refractivity contribution in [1.29, 1.82) is 0 Å². The van der Waals surface area contributed by atoms with Crippen molar-refractivity contribution in [1.82, 2.24) is 5.09 Å². The van der Waals surface area contributed by atoms with Crippen molar-refractivity contribution in [3.8, 4) is 5.75 Å². The Labute approximate surface area is 116 Å². The molecule has 0 saturated heterocycles. The van der Waals surface area contributed by atoms with Gasteiger partial charge in [0.2, 0.25) is 0 Å². The third-order valence-electron chi connectivity index (χ3n) is 1.98. The lowest BCUT2D eigenvalue weighted by Gasteiger charge is -2.19. The molecule has 2 unspecified atom stereocenters. The zero-order valence-corrected chi connectivity index (χ0v) is 13.6. The summed E-state index contributed by atoms with van der Waals surface area (Å²) in [5.41, 5.74) is 0. The van der Waals surface area contributed by atoms with Gasteiger partial charge in [-0.15, -0.1) is 0 Å². The molecule has 1 rings (SSSR count). The smallest absolute Gasteiger partial charge is 0.329 e. The van der Waals surface area contributed by atoms with Gasteiger partial charge >= 0.3 is 13.2 Å². The molecule has 0 aliphatic rings. The molecule has 0 heterocycles. The molecule has 5 nitrogen and oxygen atoms in total. The van der Waals surface area contributed by atoms with E-state index in [1.165, 1.54) is 7.11 Å². The fourth-order valence-electron chi connectivity index (χ4n) is 1.18. The summed E-state index contributed by atoms with van der Waals surface area (Å²) in [4.78, 5) is 11.2. The number of esters is 1. The largest absolute Gasteiger partial charge is 0.468 e. The van der Waals surface area contributed by atoms with Gasteiger partial charge in [-0.05, 0) is 40.1 Å². The quantitative estimate of drug-likeness (QED) is 0.651. The summed E-state index contributed by atoms with van der Waals surface area (Å²) in [5, 5.41) is 2.58. The second-order valence-electron chi connectivity index (χ2n) is 3.52. The summed E-state index contributed by atoms with van der Waals surface area (Å²) in [6, 6.07) is 6.16. The highest BCUT2D eigenvalue weighted by Crippen LogP contribution is 2.51. The summed E-state index contributed by atoms with van der Waals surface area (Å²) < 4.78 is 22.8. The maximum Gasteiger partial charge on any atom is 0.329 e.